The predicted octanol–water partition coefficient (Wildman–Crippen LogP) is 6.96. The van der Waals surface area contributed by atoms with Gasteiger partial charge in [-0.1, -0.05) is 47.6 Å². The second kappa shape index (κ2) is 15.1. The topological polar surface area (TPSA) is 136 Å². The SMILES string of the molecule is CCn1c(-c2cccnc2C(C)C)c2c3cc(ccc31)-c1csc(n1)[C@@H](C)[C@H](NC(=O)[C@H]1[C@H](C)[C@@H]1c1cn(C)cn1)C(=O)N1CCC[C@H](N1)C(=O)OCC(C)(C)C2. The Morgan fingerprint density at radius 3 is 2.70 bits per heavy atom. The summed E-state index contributed by atoms with van der Waals surface area (Å²) in [4.78, 5) is 56.9. The zero-order chi connectivity index (χ0) is 40.3. The number of nitrogens with zero attached hydrogens (tertiary/aromatic N) is 6. The van der Waals surface area contributed by atoms with Crippen LogP contribution in [0, 0.1) is 17.3 Å². The van der Waals surface area contributed by atoms with Gasteiger partial charge in [-0.2, -0.15) is 0 Å². The predicted molar refractivity (Wildman–Crippen MR) is 221 cm³/mol. The quantitative estimate of drug-likeness (QED) is 0.176. The molecule has 4 aromatic heterocycles. The van der Waals surface area contributed by atoms with E-state index in [1.54, 1.807) is 6.33 Å². The summed E-state index contributed by atoms with van der Waals surface area (Å²) >= 11 is 1.49. The normalized spacial score (nSPS) is 25.0. The zero-order valence-electron chi connectivity index (χ0n) is 34.2. The molecule has 300 valence electrons. The lowest BCUT2D eigenvalue weighted by Gasteiger charge is -2.36. The molecule has 0 unspecified atom stereocenters. The third-order valence-corrected chi connectivity index (χ3v) is 13.2. The number of ether oxygens (including phenoxy) is 1. The van der Waals surface area contributed by atoms with Crippen LogP contribution in [0.4, 0.5) is 0 Å². The molecule has 1 aromatic carbocycles. The summed E-state index contributed by atoms with van der Waals surface area (Å²) in [7, 11) is 1.92. The lowest BCUT2D eigenvalue weighted by atomic mass is 9.84. The Morgan fingerprint density at radius 1 is 1.16 bits per heavy atom. The Hall–Kier alpha value is -4.88. The summed E-state index contributed by atoms with van der Waals surface area (Å²) in [5.74, 6) is -1.34. The van der Waals surface area contributed by atoms with Gasteiger partial charge >= 0.3 is 5.97 Å². The number of hydrogen-bond donors (Lipinski definition) is 2. The van der Waals surface area contributed by atoms with E-state index in [2.05, 4.69) is 86.1 Å². The van der Waals surface area contributed by atoms with Crippen molar-refractivity contribution in [1.29, 1.82) is 0 Å². The molecule has 2 amide bonds. The third kappa shape index (κ3) is 7.28. The van der Waals surface area contributed by atoms with Crippen LogP contribution in [0.3, 0.4) is 0 Å². The van der Waals surface area contributed by atoms with Crippen LogP contribution >= 0.6 is 11.3 Å². The maximum absolute atomic E-state index is 14.5. The fourth-order valence-electron chi connectivity index (χ4n) is 9.00. The largest absolute Gasteiger partial charge is 0.464 e. The van der Waals surface area contributed by atoms with Crippen molar-refractivity contribution in [3.8, 4) is 22.5 Å². The summed E-state index contributed by atoms with van der Waals surface area (Å²) in [6.45, 7) is 16.2. The van der Waals surface area contributed by atoms with Gasteiger partial charge in [0.1, 0.15) is 12.1 Å². The molecule has 57 heavy (non-hydrogen) atoms. The van der Waals surface area contributed by atoms with Gasteiger partial charge in [-0.25, -0.2) is 15.4 Å². The number of carbonyl (C=O) groups excluding carboxylic acids is 3. The Balaban J connectivity index is 1.22. The molecule has 13 heteroatoms. The van der Waals surface area contributed by atoms with Crippen molar-refractivity contribution in [3.05, 3.63) is 76.4 Å². The monoisotopic (exact) mass is 790 g/mol. The highest BCUT2D eigenvalue weighted by molar-refractivity contribution is 7.10. The highest BCUT2D eigenvalue weighted by atomic mass is 32.1. The van der Waals surface area contributed by atoms with Crippen LogP contribution in [0.15, 0.2) is 54.4 Å². The van der Waals surface area contributed by atoms with Crippen molar-refractivity contribution in [1.82, 2.24) is 39.8 Å². The molecule has 0 spiro atoms. The Bertz CT molecular complexity index is 2340. The number of aryl methyl sites for hydroxylation is 2. The summed E-state index contributed by atoms with van der Waals surface area (Å²) in [6.07, 6.45) is 7.37. The van der Waals surface area contributed by atoms with Gasteiger partial charge in [-0.3, -0.25) is 24.4 Å². The highest BCUT2D eigenvalue weighted by Gasteiger charge is 2.54. The Labute approximate surface area is 338 Å². The first-order valence-corrected chi connectivity index (χ1v) is 21.2. The molecule has 6 bridgehead atoms. The molecule has 3 aliphatic rings. The molecule has 0 radical (unpaired) electrons. The molecule has 1 aliphatic carbocycles. The fourth-order valence-corrected chi connectivity index (χ4v) is 9.92. The molecule has 6 atom stereocenters. The number of hydrogen-bond acceptors (Lipinski definition) is 9. The van der Waals surface area contributed by atoms with Gasteiger partial charge in [-0.05, 0) is 67.9 Å². The van der Waals surface area contributed by atoms with Crippen LogP contribution in [0.1, 0.15) is 101 Å². The van der Waals surface area contributed by atoms with Crippen LogP contribution in [0.25, 0.3) is 33.4 Å². The van der Waals surface area contributed by atoms with E-state index in [4.69, 9.17) is 14.7 Å². The lowest BCUT2D eigenvalue weighted by molar-refractivity contribution is -0.155. The molecule has 5 aromatic rings. The van der Waals surface area contributed by atoms with Crippen LogP contribution < -0.4 is 10.7 Å². The number of fused-ring (bicyclic) bond motifs is 6. The lowest BCUT2D eigenvalue weighted by Crippen LogP contribution is -2.61. The van der Waals surface area contributed by atoms with Crippen LogP contribution in [-0.4, -0.2) is 72.1 Å². The first kappa shape index (κ1) is 39.0. The molecular weight excluding hydrogens is 737 g/mol. The van der Waals surface area contributed by atoms with Crippen molar-refractivity contribution < 1.29 is 19.1 Å². The minimum Gasteiger partial charge on any atom is -0.464 e. The molecule has 1 saturated carbocycles. The van der Waals surface area contributed by atoms with Crippen molar-refractivity contribution in [3.63, 3.8) is 0 Å². The smallest absolute Gasteiger partial charge is 0.324 e. The van der Waals surface area contributed by atoms with Crippen molar-refractivity contribution in [2.45, 2.75) is 104 Å². The number of carbonyl (C=O) groups is 3. The number of rotatable bonds is 6. The molecule has 2 aliphatic heterocycles. The second-order valence-electron chi connectivity index (χ2n) is 17.4. The number of amides is 2. The average Bonchev–Trinajstić information content (AvgIpc) is 3.55. The van der Waals surface area contributed by atoms with E-state index in [9.17, 15) is 14.4 Å². The molecule has 1 saturated heterocycles. The van der Waals surface area contributed by atoms with E-state index in [-0.39, 0.29) is 42.1 Å². The van der Waals surface area contributed by atoms with E-state index < -0.39 is 29.4 Å². The van der Waals surface area contributed by atoms with E-state index in [0.29, 0.717) is 25.8 Å². The van der Waals surface area contributed by atoms with Gasteiger partial charge in [0.15, 0.2) is 0 Å². The number of benzene rings is 1. The van der Waals surface area contributed by atoms with Gasteiger partial charge in [0.05, 0.1) is 40.7 Å². The minimum atomic E-state index is -0.918. The van der Waals surface area contributed by atoms with Crippen LogP contribution in [0.2, 0.25) is 0 Å². The number of thiazole rings is 1. The standard InChI is InChI=1S/C44H54N8O4S/c1-9-51-34-15-14-27-18-29(34)30(39(51)28-12-10-16-45-37(28)24(2)3)19-44(6,7)22-56-43(55)31-13-11-17-52(49-31)42(54)38(26(5)41-47-33(27)21-57-41)48-40(53)36-25(4)35(36)32-20-50(8)23-46-32/h10,12,14-16,18,20-21,23-26,31,35-36,38,49H,9,11,13,17,19,22H2,1-8H3,(H,48,53)/t25-,26+,31+,35-,36+,38+/m1/s1. The summed E-state index contributed by atoms with van der Waals surface area (Å²) in [5, 5.41) is 8.58. The number of nitrogens with one attached hydrogen (secondary N) is 2. The van der Waals surface area contributed by atoms with E-state index in [0.717, 1.165) is 56.4 Å². The summed E-state index contributed by atoms with van der Waals surface area (Å²) in [6, 6.07) is 9.10. The third-order valence-electron chi connectivity index (χ3n) is 12.1. The summed E-state index contributed by atoms with van der Waals surface area (Å²) in [5.41, 5.74) is 11.0. The number of hydrazine groups is 1. The molecule has 8 rings (SSSR count). The molecule has 6 heterocycles. The van der Waals surface area contributed by atoms with Gasteiger partial charge < -0.3 is 19.2 Å². The molecule has 2 fully saturated rings. The molecular formula is C44H54N8O4S. The van der Waals surface area contributed by atoms with Crippen LogP contribution in [0.5, 0.6) is 0 Å². The van der Waals surface area contributed by atoms with E-state index in [1.165, 1.54) is 21.9 Å². The van der Waals surface area contributed by atoms with Gasteiger partial charge in [0.25, 0.3) is 5.91 Å². The van der Waals surface area contributed by atoms with Crippen LogP contribution in [-0.2, 0) is 39.1 Å². The van der Waals surface area contributed by atoms with Crippen molar-refractivity contribution >= 4 is 40.0 Å². The van der Waals surface area contributed by atoms with Gasteiger partial charge in [0, 0.05) is 83.1 Å². The Morgan fingerprint density at radius 2 is 1.96 bits per heavy atom. The van der Waals surface area contributed by atoms with E-state index in [1.807, 2.05) is 42.4 Å². The fraction of sp³-hybridized carbons (Fsp3) is 0.500. The number of esters is 1. The number of aromatic nitrogens is 5. The zero-order valence-corrected chi connectivity index (χ0v) is 35.0. The van der Waals surface area contributed by atoms with Crippen molar-refractivity contribution in [2.24, 2.45) is 24.3 Å². The number of imidazole rings is 1. The van der Waals surface area contributed by atoms with Crippen molar-refractivity contribution in [2.75, 3.05) is 13.2 Å². The molecule has 12 nitrogen and oxygen atoms in total. The maximum atomic E-state index is 14.5. The number of pyridine rings is 1. The van der Waals surface area contributed by atoms with E-state index >= 15 is 0 Å². The first-order valence-electron chi connectivity index (χ1n) is 20.3. The number of cyclic esters (lactones) is 1. The summed E-state index contributed by atoms with van der Waals surface area (Å²) < 4.78 is 10.4. The Kier molecular flexibility index (Phi) is 10.3. The first-order chi connectivity index (χ1) is 27.3. The van der Waals surface area contributed by atoms with Gasteiger partial charge in [-0.15, -0.1) is 11.3 Å². The highest BCUT2D eigenvalue weighted by Crippen LogP contribution is 2.53. The minimum absolute atomic E-state index is 0.0168. The second-order valence-corrected chi connectivity index (χ2v) is 18.3. The molecule has 2 N–H and O–H groups in total. The average molecular weight is 791 g/mol. The maximum Gasteiger partial charge on any atom is 0.324 e. The van der Waals surface area contributed by atoms with Gasteiger partial charge in [0.2, 0.25) is 5.91 Å².